The maximum Gasteiger partial charge on any atom is -0.0226 e. The smallest absolute Gasteiger partial charge is 0.0226 e. The molecule has 0 bridgehead atoms. The third kappa shape index (κ3) is 9.42. The van der Waals surface area contributed by atoms with Gasteiger partial charge in [-0.2, -0.15) is 0 Å². The van der Waals surface area contributed by atoms with Crippen LogP contribution in [0.3, 0.4) is 0 Å². The molecule has 4 aromatic carbocycles. The molecule has 0 spiro atoms. The van der Waals surface area contributed by atoms with Crippen LogP contribution < -0.4 is 21.2 Å². The fourth-order valence-electron chi connectivity index (χ4n) is 2.42. The molecule has 0 saturated heterocycles. The molecule has 4 heteroatoms. The maximum absolute atomic E-state index is 2.17. The molecule has 28 heavy (non-hydrogen) atoms. The van der Waals surface area contributed by atoms with E-state index < -0.39 is 0 Å². The van der Waals surface area contributed by atoms with Gasteiger partial charge in [-0.05, 0) is 21.2 Å². The van der Waals surface area contributed by atoms with Crippen molar-refractivity contribution in [2.24, 2.45) is 0 Å². The first-order valence-electron chi connectivity index (χ1n) is 8.64. The Hall–Kier alpha value is -1.07. The summed E-state index contributed by atoms with van der Waals surface area (Å²) in [6.45, 7) is 0. The van der Waals surface area contributed by atoms with Crippen LogP contribution in [-0.2, 0) is 0 Å². The summed E-state index contributed by atoms with van der Waals surface area (Å²) in [5.74, 6) is 0. The van der Waals surface area contributed by atoms with Crippen LogP contribution in [0, 0.1) is 0 Å². The van der Waals surface area contributed by atoms with E-state index >= 15 is 0 Å². The normalized spacial score (nSPS) is 9.14. The Morgan fingerprint density at radius 3 is 0.643 bits per heavy atom. The fraction of sp³-hybridized carbons (Fsp3) is 0. The fourth-order valence-corrected chi connectivity index (χ4v) is 4.52. The maximum atomic E-state index is 2.17. The zero-order chi connectivity index (χ0) is 17.9. The molecule has 0 N–H and O–H groups in total. The van der Waals surface area contributed by atoms with Crippen LogP contribution in [0.2, 0.25) is 0 Å². The number of hydrogen-bond acceptors (Lipinski definition) is 0. The average Bonchev–Trinajstić information content (AvgIpc) is 2.72. The molecule has 0 atom stereocenters. The molecule has 4 rings (SSSR count). The van der Waals surface area contributed by atoms with Gasteiger partial charge in [-0.15, -0.1) is 0 Å². The number of rotatable bonds is 4. The van der Waals surface area contributed by atoms with Crippen molar-refractivity contribution in [3.63, 3.8) is 0 Å². The third-order valence-electron chi connectivity index (χ3n) is 3.67. The van der Waals surface area contributed by atoms with Crippen LogP contribution in [0.1, 0.15) is 0 Å². The Kier molecular flexibility index (Phi) is 13.3. The van der Waals surface area contributed by atoms with Crippen molar-refractivity contribution in [3.05, 3.63) is 121 Å². The van der Waals surface area contributed by atoms with Crippen LogP contribution in [0.5, 0.6) is 0 Å². The summed E-state index contributed by atoms with van der Waals surface area (Å²) in [7, 11) is 1.55. The zero-order valence-electron chi connectivity index (χ0n) is 14.5. The minimum Gasteiger partial charge on any atom is -0.0622 e. The predicted molar refractivity (Wildman–Crippen MR) is 135 cm³/mol. The van der Waals surface area contributed by atoms with Gasteiger partial charge < -0.3 is 0 Å². The largest absolute Gasteiger partial charge is 0.0622 e. The van der Waals surface area contributed by atoms with Gasteiger partial charge in [-0.1, -0.05) is 138 Å². The van der Waals surface area contributed by atoms with Crippen LogP contribution in [0.25, 0.3) is 0 Å². The monoisotopic (exact) mass is 388 g/mol. The second-order valence-electron chi connectivity index (χ2n) is 5.71. The minimum absolute atomic E-state index is 0. The molecule has 0 aliphatic heterocycles. The number of hydrogen-bond donors (Lipinski definition) is 0. The first-order chi connectivity index (χ1) is 12.9. The van der Waals surface area contributed by atoms with Gasteiger partial charge in [0.25, 0.3) is 0 Å². The Balaban J connectivity index is 0.000000261. The molecule has 0 aliphatic carbocycles. The SMILES string of the molecule is [LiH].[LiH].c1ccc(Pc2ccccc2)cc1.c1ccc(Pc2ccccc2)cc1. The predicted octanol–water partition coefficient (Wildman–Crippen LogP) is 3.33. The van der Waals surface area contributed by atoms with Gasteiger partial charge >= 0.3 is 37.7 Å². The summed E-state index contributed by atoms with van der Waals surface area (Å²) in [4.78, 5) is 0. The standard InChI is InChI=1S/2C12H11P.2Li.2H/c2*1-3-7-11(8-4-1)13-12-9-5-2-6-10-12;;;;/h2*1-10,13H;;;;. The van der Waals surface area contributed by atoms with Gasteiger partial charge in [0, 0.05) is 0 Å². The van der Waals surface area contributed by atoms with Crippen LogP contribution in [-0.4, -0.2) is 37.7 Å². The van der Waals surface area contributed by atoms with Crippen LogP contribution >= 0.6 is 17.2 Å². The molecular formula is C24H24Li2P2. The molecule has 0 saturated carbocycles. The van der Waals surface area contributed by atoms with E-state index in [2.05, 4.69) is 121 Å². The molecule has 0 fully saturated rings. The van der Waals surface area contributed by atoms with E-state index in [0.717, 1.165) is 17.2 Å². The zero-order valence-corrected chi connectivity index (χ0v) is 16.5. The van der Waals surface area contributed by atoms with Gasteiger partial charge in [0.15, 0.2) is 0 Å². The van der Waals surface area contributed by atoms with Crippen molar-refractivity contribution in [1.82, 2.24) is 0 Å². The molecule has 132 valence electrons. The van der Waals surface area contributed by atoms with E-state index in [9.17, 15) is 0 Å². The average molecular weight is 388 g/mol. The van der Waals surface area contributed by atoms with Gasteiger partial charge in [0.2, 0.25) is 0 Å². The summed E-state index contributed by atoms with van der Waals surface area (Å²) < 4.78 is 0. The van der Waals surface area contributed by atoms with E-state index in [4.69, 9.17) is 0 Å². The van der Waals surface area contributed by atoms with Crippen LogP contribution in [0.4, 0.5) is 0 Å². The summed E-state index contributed by atoms with van der Waals surface area (Å²) in [6, 6.07) is 42.3. The third-order valence-corrected chi connectivity index (χ3v) is 6.16. The molecule has 0 heterocycles. The molecule has 0 aliphatic rings. The van der Waals surface area contributed by atoms with Gasteiger partial charge in [-0.3, -0.25) is 0 Å². The second kappa shape index (κ2) is 14.9. The van der Waals surface area contributed by atoms with Crippen molar-refractivity contribution in [3.8, 4) is 0 Å². The molecule has 0 nitrogen and oxygen atoms in total. The summed E-state index contributed by atoms with van der Waals surface area (Å²) in [6.07, 6.45) is 0. The minimum atomic E-state index is 0. The molecule has 0 aromatic heterocycles. The van der Waals surface area contributed by atoms with E-state index in [1.807, 2.05) is 0 Å². The van der Waals surface area contributed by atoms with Gasteiger partial charge in [0.1, 0.15) is 0 Å². The van der Waals surface area contributed by atoms with Crippen molar-refractivity contribution in [1.29, 1.82) is 0 Å². The van der Waals surface area contributed by atoms with Gasteiger partial charge in [-0.25, -0.2) is 0 Å². The van der Waals surface area contributed by atoms with Crippen LogP contribution in [0.15, 0.2) is 121 Å². The van der Waals surface area contributed by atoms with E-state index in [1.165, 1.54) is 21.2 Å². The summed E-state index contributed by atoms with van der Waals surface area (Å²) in [5.41, 5.74) is 0. The number of benzene rings is 4. The van der Waals surface area contributed by atoms with Crippen molar-refractivity contribution in [2.75, 3.05) is 0 Å². The molecule has 0 radical (unpaired) electrons. The van der Waals surface area contributed by atoms with Crippen molar-refractivity contribution in [2.45, 2.75) is 0 Å². The Labute approximate surface area is 196 Å². The Morgan fingerprint density at radius 1 is 0.286 bits per heavy atom. The van der Waals surface area contributed by atoms with E-state index in [1.54, 1.807) is 0 Å². The summed E-state index contributed by atoms with van der Waals surface area (Å²) >= 11 is 0. The first-order valence-corrected chi connectivity index (χ1v) is 10.6. The van der Waals surface area contributed by atoms with Gasteiger partial charge in [0.05, 0.1) is 0 Å². The van der Waals surface area contributed by atoms with E-state index in [-0.39, 0.29) is 37.7 Å². The molecule has 4 aromatic rings. The quantitative estimate of drug-likeness (QED) is 0.372. The summed E-state index contributed by atoms with van der Waals surface area (Å²) in [5, 5.41) is 5.59. The Bertz CT molecular complexity index is 719. The Morgan fingerprint density at radius 2 is 0.464 bits per heavy atom. The molecule has 0 amide bonds. The molecular weight excluding hydrogens is 364 g/mol. The first kappa shape index (κ1) is 25.0. The molecule has 0 unspecified atom stereocenters. The van der Waals surface area contributed by atoms with Crippen molar-refractivity contribution < 1.29 is 0 Å². The second-order valence-corrected chi connectivity index (χ2v) is 8.52. The van der Waals surface area contributed by atoms with E-state index in [0.29, 0.717) is 0 Å². The van der Waals surface area contributed by atoms with Crippen molar-refractivity contribution >= 4 is 76.1 Å². The topological polar surface area (TPSA) is 0 Å².